The Morgan fingerprint density at radius 2 is 1.12 bits per heavy atom. The molecule has 270 valence electrons. The number of hydrogen-bond donors (Lipinski definition) is 0. The van der Waals surface area contributed by atoms with Gasteiger partial charge in [0, 0.05) is 56.3 Å². The van der Waals surface area contributed by atoms with Gasteiger partial charge in [-0.05, 0) is 62.0 Å². The molecule has 1 aliphatic heterocycles. The van der Waals surface area contributed by atoms with E-state index in [-0.39, 0.29) is 0 Å². The van der Waals surface area contributed by atoms with Gasteiger partial charge in [0.15, 0.2) is 13.9 Å². The van der Waals surface area contributed by atoms with Crippen molar-refractivity contribution >= 4 is 72.3 Å². The van der Waals surface area contributed by atoms with Gasteiger partial charge in [-0.3, -0.25) is 4.98 Å². The minimum Gasteiger partial charge on any atom is -0.309 e. The van der Waals surface area contributed by atoms with Crippen LogP contribution in [0.1, 0.15) is 0 Å². The highest BCUT2D eigenvalue weighted by Crippen LogP contribution is 2.45. The molecule has 11 aromatic rings. The zero-order valence-corrected chi connectivity index (χ0v) is 32.4. The largest absolute Gasteiger partial charge is 0.309 e. The summed E-state index contributed by atoms with van der Waals surface area (Å²) in [6.45, 7) is 0. The lowest BCUT2D eigenvalue weighted by Crippen LogP contribution is -2.73. The van der Waals surface area contributed by atoms with Gasteiger partial charge in [0.25, 0.3) is 0 Å². The van der Waals surface area contributed by atoms with E-state index in [0.29, 0.717) is 5.82 Å². The first-order valence-corrected chi connectivity index (χ1v) is 21.8. The van der Waals surface area contributed by atoms with Gasteiger partial charge in [-0.25, -0.2) is 9.97 Å². The SMILES string of the molecule is c1ccc(-c2nc(-c3ccccc3)c3cc(-n4c5ccccc5c5c6ccncc6c6c(c54)-c4ccccc4[Si]6(c4ccccc4)c4ccccc4)ccc3n2)cc1. The van der Waals surface area contributed by atoms with E-state index < -0.39 is 8.07 Å². The van der Waals surface area contributed by atoms with Gasteiger partial charge in [-0.15, -0.1) is 0 Å². The molecule has 8 aromatic carbocycles. The molecule has 0 amide bonds. The lowest BCUT2D eigenvalue weighted by atomic mass is 9.97. The van der Waals surface area contributed by atoms with Crippen LogP contribution in [0.3, 0.4) is 0 Å². The fraction of sp³-hybridized carbons (Fsp3) is 0. The lowest BCUT2D eigenvalue weighted by molar-refractivity contribution is 1.18. The molecule has 0 bridgehead atoms. The van der Waals surface area contributed by atoms with Gasteiger partial charge in [0.2, 0.25) is 0 Å². The predicted molar refractivity (Wildman–Crippen MR) is 243 cm³/mol. The van der Waals surface area contributed by atoms with Crippen LogP contribution in [0.25, 0.3) is 82.9 Å². The zero-order chi connectivity index (χ0) is 38.2. The van der Waals surface area contributed by atoms with Gasteiger partial charge < -0.3 is 4.57 Å². The number of rotatable bonds is 5. The monoisotopic (exact) mass is 754 g/mol. The van der Waals surface area contributed by atoms with E-state index in [2.05, 4.69) is 187 Å². The third-order valence-corrected chi connectivity index (χ3v) is 17.0. The van der Waals surface area contributed by atoms with Crippen LogP contribution in [-0.2, 0) is 0 Å². The molecule has 0 saturated carbocycles. The first kappa shape index (κ1) is 32.7. The second-order valence-corrected chi connectivity index (χ2v) is 18.8. The van der Waals surface area contributed by atoms with Crippen molar-refractivity contribution < 1.29 is 0 Å². The molecular formula is C53H34N4Si. The second-order valence-electron chi connectivity index (χ2n) is 15.1. The van der Waals surface area contributed by atoms with E-state index in [1.165, 1.54) is 58.9 Å². The third kappa shape index (κ3) is 4.59. The van der Waals surface area contributed by atoms with Gasteiger partial charge in [0.1, 0.15) is 0 Å². The molecule has 0 fully saturated rings. The Balaban J connectivity index is 1.26. The van der Waals surface area contributed by atoms with Crippen LogP contribution < -0.4 is 20.7 Å². The average molecular weight is 755 g/mol. The average Bonchev–Trinajstić information content (AvgIpc) is 3.82. The standard InChI is InChI=1S/C53H34N4Si/c1-5-17-35(18-6-1)50-43-33-37(29-30-45(43)55-53(56-50)36-19-7-2-8-20-36)57-46-27-15-13-25-41(46)48-40-31-32-54-34-44(40)52-49(51(48)57)42-26-14-16-28-47(42)58(52,38-21-9-3-10-22-38)39-23-11-4-12-24-39/h1-34H. The van der Waals surface area contributed by atoms with Crippen molar-refractivity contribution in [2.24, 2.45) is 0 Å². The highest BCUT2D eigenvalue weighted by molar-refractivity contribution is 7.23. The van der Waals surface area contributed by atoms with E-state index in [9.17, 15) is 0 Å². The van der Waals surface area contributed by atoms with Crippen molar-refractivity contribution in [3.63, 3.8) is 0 Å². The van der Waals surface area contributed by atoms with Gasteiger partial charge >= 0.3 is 0 Å². The molecule has 0 spiro atoms. The van der Waals surface area contributed by atoms with E-state index in [4.69, 9.17) is 15.0 Å². The van der Waals surface area contributed by atoms with Crippen LogP contribution in [0.5, 0.6) is 0 Å². The second kappa shape index (κ2) is 12.8. The number of benzene rings is 8. The quantitative estimate of drug-likeness (QED) is 0.164. The summed E-state index contributed by atoms with van der Waals surface area (Å²) in [6, 6.07) is 70.3. The van der Waals surface area contributed by atoms with Crippen molar-refractivity contribution in [1.29, 1.82) is 0 Å². The number of hydrogen-bond acceptors (Lipinski definition) is 3. The minimum absolute atomic E-state index is 0.717. The molecule has 4 heterocycles. The van der Waals surface area contributed by atoms with Crippen molar-refractivity contribution in [1.82, 2.24) is 19.5 Å². The molecule has 0 aliphatic carbocycles. The van der Waals surface area contributed by atoms with Gasteiger partial charge in [0.05, 0.1) is 22.2 Å². The number of fused-ring (bicyclic) bond motifs is 11. The van der Waals surface area contributed by atoms with Crippen molar-refractivity contribution in [2.75, 3.05) is 0 Å². The number of aromatic nitrogens is 4. The molecule has 12 rings (SSSR count). The summed E-state index contributed by atoms with van der Waals surface area (Å²) in [5.41, 5.74) is 9.89. The highest BCUT2D eigenvalue weighted by atomic mass is 28.3. The van der Waals surface area contributed by atoms with Gasteiger partial charge in [-0.2, -0.15) is 0 Å². The molecule has 4 nitrogen and oxygen atoms in total. The van der Waals surface area contributed by atoms with E-state index in [0.717, 1.165) is 38.9 Å². The van der Waals surface area contributed by atoms with Crippen molar-refractivity contribution in [2.45, 2.75) is 0 Å². The first-order valence-electron chi connectivity index (χ1n) is 19.8. The Labute approximate surface area is 336 Å². The number of para-hydroxylation sites is 1. The maximum Gasteiger partial charge on any atom is 0.181 e. The molecular weight excluding hydrogens is 721 g/mol. The van der Waals surface area contributed by atoms with E-state index >= 15 is 0 Å². The summed E-state index contributed by atoms with van der Waals surface area (Å²) >= 11 is 0. The molecule has 1 aliphatic rings. The zero-order valence-electron chi connectivity index (χ0n) is 31.4. The summed E-state index contributed by atoms with van der Waals surface area (Å²) in [5, 5.41) is 11.4. The molecule has 0 radical (unpaired) electrons. The topological polar surface area (TPSA) is 43.6 Å². The van der Waals surface area contributed by atoms with Crippen LogP contribution in [0.4, 0.5) is 0 Å². The summed E-state index contributed by atoms with van der Waals surface area (Å²) in [6.07, 6.45) is 4.09. The Morgan fingerprint density at radius 3 is 1.86 bits per heavy atom. The molecule has 0 N–H and O–H groups in total. The molecule has 0 atom stereocenters. The number of nitrogens with zero attached hydrogens (tertiary/aromatic N) is 4. The predicted octanol–water partition coefficient (Wildman–Crippen LogP) is 9.97. The molecule has 0 unspecified atom stereocenters. The Bertz CT molecular complexity index is 3340. The molecule has 0 saturated heterocycles. The summed E-state index contributed by atoms with van der Waals surface area (Å²) in [4.78, 5) is 15.3. The molecule has 3 aromatic heterocycles. The highest BCUT2D eigenvalue weighted by Gasteiger charge is 2.51. The van der Waals surface area contributed by atoms with Gasteiger partial charge in [-0.1, -0.05) is 164 Å². The first-order chi connectivity index (χ1) is 28.8. The summed E-state index contributed by atoms with van der Waals surface area (Å²) < 4.78 is 2.51. The van der Waals surface area contributed by atoms with Crippen LogP contribution in [0.2, 0.25) is 0 Å². The van der Waals surface area contributed by atoms with Crippen molar-refractivity contribution in [3.8, 4) is 39.5 Å². The fourth-order valence-corrected chi connectivity index (χ4v) is 15.2. The Kier molecular flexibility index (Phi) is 7.21. The number of pyridine rings is 1. The Hall–Kier alpha value is -7.47. The van der Waals surface area contributed by atoms with Crippen LogP contribution in [-0.4, -0.2) is 27.6 Å². The summed E-state index contributed by atoms with van der Waals surface area (Å²) in [7, 11) is -2.89. The molecule has 58 heavy (non-hydrogen) atoms. The lowest BCUT2D eigenvalue weighted by Gasteiger charge is -2.32. The smallest absolute Gasteiger partial charge is 0.181 e. The van der Waals surface area contributed by atoms with Crippen molar-refractivity contribution in [3.05, 3.63) is 207 Å². The Morgan fingerprint density at radius 1 is 0.483 bits per heavy atom. The maximum atomic E-state index is 5.28. The normalized spacial score (nSPS) is 13.0. The minimum atomic E-state index is -2.89. The fourth-order valence-electron chi connectivity index (χ4n) is 9.83. The third-order valence-electron chi connectivity index (χ3n) is 12.1. The maximum absolute atomic E-state index is 5.28. The molecule has 5 heteroatoms. The van der Waals surface area contributed by atoms with Crippen LogP contribution in [0.15, 0.2) is 207 Å². The summed E-state index contributed by atoms with van der Waals surface area (Å²) in [5.74, 6) is 0.717. The van der Waals surface area contributed by atoms with Crippen LogP contribution in [0, 0.1) is 0 Å². The van der Waals surface area contributed by atoms with Crippen LogP contribution >= 0.6 is 0 Å². The van der Waals surface area contributed by atoms with E-state index in [1.54, 1.807) is 0 Å². The van der Waals surface area contributed by atoms with E-state index in [1.807, 2.05) is 24.4 Å².